The third-order valence-electron chi connectivity index (χ3n) is 9.32. The third-order valence-corrected chi connectivity index (χ3v) is 9.32. The summed E-state index contributed by atoms with van der Waals surface area (Å²) in [6.45, 7) is 6.97. The molecule has 0 aliphatic heterocycles. The van der Waals surface area contributed by atoms with E-state index in [9.17, 15) is 0 Å². The molecule has 1 nitrogen and oxygen atoms in total. The van der Waals surface area contributed by atoms with Crippen LogP contribution < -0.4 is 0 Å². The van der Waals surface area contributed by atoms with Crippen molar-refractivity contribution in [2.24, 2.45) is 0 Å². The van der Waals surface area contributed by atoms with E-state index in [1.807, 2.05) is 0 Å². The molecule has 0 amide bonds. The average molecular weight is 574 g/mol. The second-order valence-electron chi connectivity index (χ2n) is 13.7. The highest BCUT2D eigenvalue weighted by Gasteiger charge is 2.19. The highest BCUT2D eigenvalue weighted by Crippen LogP contribution is 2.19. The quantitative estimate of drug-likeness (QED) is 0.0557. The van der Waals surface area contributed by atoms with E-state index in [-0.39, 0.29) is 5.54 Å². The normalized spacial score (nSPS) is 13.7. The van der Waals surface area contributed by atoms with Crippen LogP contribution in [0.25, 0.3) is 0 Å². The SMILES string of the molecule is CCCCCCCCCCCCCCCCC=CC(C)(C=CCCCCCCCCCCCCCCCC)N(C)C. The molecule has 0 rings (SSSR count). The largest absolute Gasteiger partial charge is 0.297 e. The molecule has 1 heteroatoms. The molecule has 244 valence electrons. The Bertz CT molecular complexity index is 503. The monoisotopic (exact) mass is 574 g/mol. The number of nitrogens with zero attached hydrogens (tertiary/aromatic N) is 1. The summed E-state index contributed by atoms with van der Waals surface area (Å²) in [5.41, 5.74) is 0.0476. The smallest absolute Gasteiger partial charge is 0.0541 e. The maximum Gasteiger partial charge on any atom is 0.0541 e. The van der Waals surface area contributed by atoms with Gasteiger partial charge >= 0.3 is 0 Å². The minimum absolute atomic E-state index is 0.0476. The standard InChI is InChI=1S/C40H79N/c1-6-8-10-12-14-16-18-20-22-24-26-28-30-32-34-36-38-40(3,41(4)5)39-37-35-33-31-29-27-25-23-21-19-17-15-13-11-9-7-2/h36-39H,6-35H2,1-5H3. The Kier molecular flexibility index (Phi) is 31.9. The van der Waals surface area contributed by atoms with Gasteiger partial charge in [0.1, 0.15) is 0 Å². The van der Waals surface area contributed by atoms with E-state index in [0.29, 0.717) is 0 Å². The molecular formula is C40H79N. The zero-order chi connectivity index (χ0) is 30.1. The molecule has 0 aliphatic rings. The second kappa shape index (κ2) is 32.4. The van der Waals surface area contributed by atoms with E-state index in [4.69, 9.17) is 0 Å². The molecule has 0 unspecified atom stereocenters. The summed E-state index contributed by atoms with van der Waals surface area (Å²) in [6.07, 6.45) is 52.4. The number of allylic oxidation sites excluding steroid dienone is 2. The van der Waals surface area contributed by atoms with Crippen LogP contribution in [0.3, 0.4) is 0 Å². The molecule has 0 N–H and O–H groups in total. The number of likely N-dealkylation sites (N-methyl/N-ethyl adjacent to an activating group) is 1. The summed E-state index contributed by atoms with van der Waals surface area (Å²) in [5.74, 6) is 0. The average Bonchev–Trinajstić information content (AvgIpc) is 2.96. The first kappa shape index (κ1) is 40.4. The lowest BCUT2D eigenvalue weighted by Crippen LogP contribution is -2.37. The molecule has 0 aliphatic carbocycles. The van der Waals surface area contributed by atoms with Crippen LogP contribution in [0, 0.1) is 0 Å². The van der Waals surface area contributed by atoms with Gasteiger partial charge in [-0.2, -0.15) is 0 Å². The fraction of sp³-hybridized carbons (Fsp3) is 0.900. The topological polar surface area (TPSA) is 3.24 Å². The molecule has 0 aromatic rings. The first-order chi connectivity index (χ1) is 20.1. The van der Waals surface area contributed by atoms with Crippen LogP contribution in [-0.4, -0.2) is 24.5 Å². The zero-order valence-corrected chi connectivity index (χ0v) is 29.5. The molecule has 0 aromatic carbocycles. The summed E-state index contributed by atoms with van der Waals surface area (Å²) in [4.78, 5) is 2.36. The Morgan fingerprint density at radius 3 is 0.805 bits per heavy atom. The summed E-state index contributed by atoms with van der Waals surface area (Å²) < 4.78 is 0. The van der Waals surface area contributed by atoms with Crippen molar-refractivity contribution in [3.8, 4) is 0 Å². The van der Waals surface area contributed by atoms with Crippen molar-refractivity contribution >= 4 is 0 Å². The minimum atomic E-state index is 0.0476. The van der Waals surface area contributed by atoms with Gasteiger partial charge in [0.15, 0.2) is 0 Å². The van der Waals surface area contributed by atoms with Gasteiger partial charge in [0.25, 0.3) is 0 Å². The number of hydrogen-bond acceptors (Lipinski definition) is 1. The van der Waals surface area contributed by atoms with Gasteiger partial charge in [-0.05, 0) is 46.7 Å². The maximum atomic E-state index is 2.44. The molecule has 0 saturated carbocycles. The molecule has 0 aromatic heterocycles. The van der Waals surface area contributed by atoms with Gasteiger partial charge in [0.05, 0.1) is 5.54 Å². The van der Waals surface area contributed by atoms with Crippen molar-refractivity contribution in [2.75, 3.05) is 14.1 Å². The van der Waals surface area contributed by atoms with Gasteiger partial charge in [0, 0.05) is 0 Å². The second-order valence-corrected chi connectivity index (χ2v) is 13.7. The van der Waals surface area contributed by atoms with E-state index in [0.717, 1.165) is 0 Å². The Morgan fingerprint density at radius 2 is 0.585 bits per heavy atom. The lowest BCUT2D eigenvalue weighted by atomic mass is 9.97. The van der Waals surface area contributed by atoms with E-state index in [2.05, 4.69) is 64.1 Å². The van der Waals surface area contributed by atoms with Crippen molar-refractivity contribution < 1.29 is 0 Å². The fourth-order valence-corrected chi connectivity index (χ4v) is 5.91. The first-order valence-corrected chi connectivity index (χ1v) is 19.1. The lowest BCUT2D eigenvalue weighted by Gasteiger charge is -2.30. The molecule has 0 atom stereocenters. The molecule has 41 heavy (non-hydrogen) atoms. The van der Waals surface area contributed by atoms with Crippen LogP contribution in [0.15, 0.2) is 24.3 Å². The van der Waals surface area contributed by atoms with Gasteiger partial charge in [-0.25, -0.2) is 0 Å². The zero-order valence-electron chi connectivity index (χ0n) is 29.5. The summed E-state index contributed by atoms with van der Waals surface area (Å²) in [6, 6.07) is 0. The van der Waals surface area contributed by atoms with Gasteiger partial charge in [-0.1, -0.05) is 205 Å². The maximum absolute atomic E-state index is 2.44. The lowest BCUT2D eigenvalue weighted by molar-refractivity contribution is 0.284. The molecule has 0 fully saturated rings. The van der Waals surface area contributed by atoms with E-state index in [1.165, 1.54) is 193 Å². The van der Waals surface area contributed by atoms with Crippen molar-refractivity contribution in [3.63, 3.8) is 0 Å². The van der Waals surface area contributed by atoms with Crippen LogP contribution in [0.1, 0.15) is 213 Å². The highest BCUT2D eigenvalue weighted by atomic mass is 15.1. The van der Waals surface area contributed by atoms with E-state index >= 15 is 0 Å². The first-order valence-electron chi connectivity index (χ1n) is 19.1. The van der Waals surface area contributed by atoms with Gasteiger partial charge < -0.3 is 0 Å². The van der Waals surface area contributed by atoms with Gasteiger partial charge in [-0.3, -0.25) is 4.90 Å². The van der Waals surface area contributed by atoms with Crippen LogP contribution in [-0.2, 0) is 0 Å². The van der Waals surface area contributed by atoms with Crippen LogP contribution in [0.5, 0.6) is 0 Å². The Labute approximate surface area is 261 Å². The van der Waals surface area contributed by atoms with Crippen molar-refractivity contribution in [1.29, 1.82) is 0 Å². The Hall–Kier alpha value is -0.560. The van der Waals surface area contributed by atoms with Gasteiger partial charge in [-0.15, -0.1) is 0 Å². The minimum Gasteiger partial charge on any atom is -0.297 e. The van der Waals surface area contributed by atoms with Crippen molar-refractivity contribution in [2.45, 2.75) is 219 Å². The summed E-state index contributed by atoms with van der Waals surface area (Å²) >= 11 is 0. The van der Waals surface area contributed by atoms with Crippen molar-refractivity contribution in [1.82, 2.24) is 4.90 Å². The molecular weight excluding hydrogens is 494 g/mol. The summed E-state index contributed by atoms with van der Waals surface area (Å²) in [5, 5.41) is 0. The number of hydrogen-bond donors (Lipinski definition) is 0. The third kappa shape index (κ3) is 29.3. The van der Waals surface area contributed by atoms with Gasteiger partial charge in [0.2, 0.25) is 0 Å². The number of unbranched alkanes of at least 4 members (excludes halogenated alkanes) is 28. The predicted octanol–water partition coefficient (Wildman–Crippen LogP) is 14.2. The fourth-order valence-electron chi connectivity index (χ4n) is 5.91. The molecule has 0 saturated heterocycles. The van der Waals surface area contributed by atoms with E-state index < -0.39 is 0 Å². The molecule has 0 spiro atoms. The molecule has 0 heterocycles. The number of rotatable bonds is 33. The van der Waals surface area contributed by atoms with Crippen LogP contribution >= 0.6 is 0 Å². The molecule has 0 radical (unpaired) electrons. The predicted molar refractivity (Wildman–Crippen MR) is 190 cm³/mol. The molecule has 0 bridgehead atoms. The van der Waals surface area contributed by atoms with Crippen molar-refractivity contribution in [3.05, 3.63) is 24.3 Å². The van der Waals surface area contributed by atoms with E-state index in [1.54, 1.807) is 0 Å². The Balaban J connectivity index is 3.67. The summed E-state index contributed by atoms with van der Waals surface area (Å²) in [7, 11) is 4.43. The van der Waals surface area contributed by atoms with Crippen LogP contribution in [0.2, 0.25) is 0 Å². The Morgan fingerprint density at radius 1 is 0.366 bits per heavy atom. The van der Waals surface area contributed by atoms with Crippen LogP contribution in [0.4, 0.5) is 0 Å². The highest BCUT2D eigenvalue weighted by molar-refractivity contribution is 5.16.